The van der Waals surface area contributed by atoms with E-state index in [-0.39, 0.29) is 31.1 Å². The number of hydrogen-bond donors (Lipinski definition) is 0. The number of halogens is 1. The number of fused-ring (bicyclic) bond motifs is 2. The van der Waals surface area contributed by atoms with Crippen molar-refractivity contribution in [1.29, 1.82) is 0 Å². The maximum absolute atomic E-state index is 15.4. The first-order valence-electron chi connectivity index (χ1n) is 14.0. The summed E-state index contributed by atoms with van der Waals surface area (Å²) in [4.78, 5) is 36.7. The fourth-order valence-electron chi connectivity index (χ4n) is 5.77. The highest BCUT2D eigenvalue weighted by atomic mass is 19.1. The molecule has 1 fully saturated rings. The lowest BCUT2D eigenvalue weighted by atomic mass is 9.93. The van der Waals surface area contributed by atoms with Crippen LogP contribution in [0.2, 0.25) is 0 Å². The summed E-state index contributed by atoms with van der Waals surface area (Å²) in [6, 6.07) is 10.7. The summed E-state index contributed by atoms with van der Waals surface area (Å²) in [5.74, 6) is -0.333. The third-order valence-corrected chi connectivity index (χ3v) is 7.96. The summed E-state index contributed by atoms with van der Waals surface area (Å²) >= 11 is 0. The Bertz CT molecular complexity index is 1790. The number of aromatic nitrogens is 3. The number of rotatable bonds is 6. The van der Waals surface area contributed by atoms with Gasteiger partial charge < -0.3 is 14.4 Å². The number of aliphatic imine (C=N–C) groups is 1. The van der Waals surface area contributed by atoms with Crippen LogP contribution in [0.5, 0.6) is 5.75 Å². The molecule has 4 heterocycles. The summed E-state index contributed by atoms with van der Waals surface area (Å²) in [6.07, 6.45) is 7.94. The van der Waals surface area contributed by atoms with Crippen LogP contribution in [-0.2, 0) is 29.6 Å². The molecule has 0 radical (unpaired) electrons. The van der Waals surface area contributed by atoms with Gasteiger partial charge in [0.25, 0.3) is 5.91 Å². The van der Waals surface area contributed by atoms with Crippen LogP contribution < -0.4 is 9.64 Å². The molecular weight excluding hydrogens is 537 g/mol. The number of carbonyl (C=O) groups excluding carboxylic acids is 2. The van der Waals surface area contributed by atoms with Gasteiger partial charge in [-0.1, -0.05) is 12.1 Å². The van der Waals surface area contributed by atoms with E-state index in [1.54, 1.807) is 29.2 Å². The molecule has 10 heteroatoms. The highest BCUT2D eigenvalue weighted by Crippen LogP contribution is 2.44. The van der Waals surface area contributed by atoms with Gasteiger partial charge in [0.05, 0.1) is 24.1 Å². The van der Waals surface area contributed by atoms with E-state index in [2.05, 4.69) is 10.1 Å². The first-order chi connectivity index (χ1) is 20.4. The molecule has 3 aliphatic rings. The van der Waals surface area contributed by atoms with Crippen molar-refractivity contribution in [1.82, 2.24) is 14.8 Å². The number of aryl methyl sites for hydroxylation is 1. The minimum absolute atomic E-state index is 0.0746. The molecule has 42 heavy (non-hydrogen) atoms. The Morgan fingerprint density at radius 1 is 1.19 bits per heavy atom. The lowest BCUT2D eigenvalue weighted by Crippen LogP contribution is -2.33. The topological polar surface area (TPSA) is 98.9 Å². The molecule has 212 valence electrons. The van der Waals surface area contributed by atoms with Gasteiger partial charge in [-0.15, -0.1) is 0 Å². The van der Waals surface area contributed by atoms with Crippen molar-refractivity contribution in [3.8, 4) is 16.9 Å². The number of nitrogens with zero attached hydrogens (tertiary/aromatic N) is 5. The first-order valence-corrected chi connectivity index (χ1v) is 14.0. The van der Waals surface area contributed by atoms with Crippen molar-refractivity contribution in [2.45, 2.75) is 38.7 Å². The largest absolute Gasteiger partial charge is 0.491 e. The molecule has 4 aromatic rings. The zero-order valence-electron chi connectivity index (χ0n) is 23.3. The molecule has 2 aliphatic heterocycles. The van der Waals surface area contributed by atoms with Crippen LogP contribution in [0.1, 0.15) is 58.3 Å². The zero-order valence-corrected chi connectivity index (χ0v) is 23.3. The number of carbonyl (C=O) groups is 2. The Labute approximate surface area is 241 Å². The smallest absolute Gasteiger partial charge is 0.302 e. The van der Waals surface area contributed by atoms with Gasteiger partial charge in [-0.25, -0.2) is 14.4 Å². The fraction of sp³-hybridized carbons (Fsp3) is 0.281. The number of amides is 1. The monoisotopic (exact) mass is 565 g/mol. The average molecular weight is 566 g/mol. The van der Waals surface area contributed by atoms with E-state index in [0.29, 0.717) is 29.4 Å². The van der Waals surface area contributed by atoms with E-state index in [4.69, 9.17) is 14.5 Å². The second-order valence-corrected chi connectivity index (χ2v) is 10.8. The van der Waals surface area contributed by atoms with Crippen molar-refractivity contribution < 1.29 is 23.5 Å². The fourth-order valence-corrected chi connectivity index (χ4v) is 5.77. The Morgan fingerprint density at radius 3 is 2.81 bits per heavy atom. The van der Waals surface area contributed by atoms with Crippen LogP contribution in [0.25, 0.3) is 11.1 Å². The number of esters is 1. The van der Waals surface area contributed by atoms with Crippen molar-refractivity contribution in [3.05, 3.63) is 88.6 Å². The van der Waals surface area contributed by atoms with Crippen LogP contribution in [0.15, 0.2) is 60.0 Å². The first kappa shape index (κ1) is 26.1. The van der Waals surface area contributed by atoms with Gasteiger partial charge in [-0.05, 0) is 59.7 Å². The second kappa shape index (κ2) is 10.2. The summed E-state index contributed by atoms with van der Waals surface area (Å²) < 4.78 is 28.6. The molecule has 0 N–H and O–H groups in total. The third-order valence-electron chi connectivity index (χ3n) is 7.96. The molecule has 2 aromatic heterocycles. The summed E-state index contributed by atoms with van der Waals surface area (Å²) in [5, 5.41) is 4.27. The summed E-state index contributed by atoms with van der Waals surface area (Å²) in [7, 11) is 1.86. The molecule has 7 rings (SSSR count). The van der Waals surface area contributed by atoms with Crippen LogP contribution >= 0.6 is 0 Å². The SMILES string of the molecule is CC(=O)OCc1c(-c2ccnc3c2CC(c2cnn(C)c2)=N3)cccc1N1CCOc2cc(C3CC3)cc(F)c2C1=O. The van der Waals surface area contributed by atoms with E-state index >= 15 is 4.39 Å². The highest BCUT2D eigenvalue weighted by Gasteiger charge is 2.33. The number of pyridine rings is 1. The Morgan fingerprint density at radius 2 is 2.05 bits per heavy atom. The van der Waals surface area contributed by atoms with Crippen LogP contribution in [-0.4, -0.2) is 45.5 Å². The van der Waals surface area contributed by atoms with Crippen molar-refractivity contribution in [2.24, 2.45) is 12.0 Å². The van der Waals surface area contributed by atoms with Gasteiger partial charge in [-0.2, -0.15) is 5.10 Å². The van der Waals surface area contributed by atoms with Crippen molar-refractivity contribution in [3.63, 3.8) is 0 Å². The highest BCUT2D eigenvalue weighted by molar-refractivity contribution is 6.10. The number of hydrogen-bond acceptors (Lipinski definition) is 7. The predicted molar refractivity (Wildman–Crippen MR) is 154 cm³/mol. The van der Waals surface area contributed by atoms with Gasteiger partial charge in [-0.3, -0.25) is 14.3 Å². The van der Waals surface area contributed by atoms with Crippen molar-refractivity contribution >= 4 is 29.1 Å². The molecule has 0 saturated heterocycles. The molecule has 1 saturated carbocycles. The average Bonchev–Trinajstić information content (AvgIpc) is 3.63. The summed E-state index contributed by atoms with van der Waals surface area (Å²) in [6.45, 7) is 1.66. The lowest BCUT2D eigenvalue weighted by molar-refractivity contribution is -0.142. The van der Waals surface area contributed by atoms with Gasteiger partial charge in [0.2, 0.25) is 0 Å². The minimum Gasteiger partial charge on any atom is -0.491 e. The van der Waals surface area contributed by atoms with E-state index in [9.17, 15) is 9.59 Å². The van der Waals surface area contributed by atoms with Gasteiger partial charge >= 0.3 is 5.97 Å². The van der Waals surface area contributed by atoms with E-state index in [1.165, 1.54) is 17.9 Å². The minimum atomic E-state index is -0.587. The van der Waals surface area contributed by atoms with E-state index < -0.39 is 17.7 Å². The van der Waals surface area contributed by atoms with Crippen LogP contribution in [0.4, 0.5) is 15.9 Å². The quantitative estimate of drug-likeness (QED) is 0.295. The maximum Gasteiger partial charge on any atom is 0.302 e. The zero-order chi connectivity index (χ0) is 29.0. The van der Waals surface area contributed by atoms with Crippen LogP contribution in [0.3, 0.4) is 0 Å². The Balaban J connectivity index is 1.31. The molecule has 1 amide bonds. The molecule has 1 aliphatic carbocycles. The Hall–Kier alpha value is -4.86. The van der Waals surface area contributed by atoms with Crippen LogP contribution in [0, 0.1) is 5.82 Å². The molecule has 2 aromatic carbocycles. The summed E-state index contributed by atoms with van der Waals surface area (Å²) in [5.41, 5.74) is 6.27. The maximum atomic E-state index is 15.4. The third kappa shape index (κ3) is 4.62. The van der Waals surface area contributed by atoms with Gasteiger partial charge in [0.15, 0.2) is 5.82 Å². The number of ether oxygens (including phenoxy) is 2. The molecule has 0 spiro atoms. The van der Waals surface area contributed by atoms with Gasteiger partial charge in [0, 0.05) is 49.5 Å². The van der Waals surface area contributed by atoms with Crippen molar-refractivity contribution in [2.75, 3.05) is 18.1 Å². The standard InChI is InChI=1S/C32H28FN5O4/c1-18(39)42-17-25-22(23-8-9-34-31-24(23)14-27(36-31)21-15-35-37(2)16-21)4-3-5-28(25)38-10-11-41-29-13-20(19-6-7-19)12-26(33)30(29)32(38)40/h3-5,8-9,12-13,15-16,19H,6-7,10-11,14,17H2,1-2H3. The number of anilines is 1. The molecule has 9 nitrogen and oxygen atoms in total. The molecular formula is C32H28FN5O4. The Kier molecular flexibility index (Phi) is 6.33. The molecule has 0 atom stereocenters. The lowest BCUT2D eigenvalue weighted by Gasteiger charge is -2.25. The van der Waals surface area contributed by atoms with E-state index in [0.717, 1.165) is 46.4 Å². The number of benzene rings is 2. The molecule has 0 bridgehead atoms. The predicted octanol–water partition coefficient (Wildman–Crippen LogP) is 5.28. The molecule has 0 unspecified atom stereocenters. The van der Waals surface area contributed by atoms with E-state index in [1.807, 2.05) is 31.4 Å². The van der Waals surface area contributed by atoms with Gasteiger partial charge in [0.1, 0.15) is 30.3 Å². The second-order valence-electron chi connectivity index (χ2n) is 10.8. The normalized spacial score (nSPS) is 15.9.